The zero-order chi connectivity index (χ0) is 15.4. The molecule has 1 fully saturated rings. The number of nitrogens with zero attached hydrogens (tertiary/aromatic N) is 1. The quantitative estimate of drug-likeness (QED) is 0.887. The van der Waals surface area contributed by atoms with Crippen molar-refractivity contribution >= 4 is 16.9 Å². The Morgan fingerprint density at radius 1 is 1.41 bits per heavy atom. The Labute approximate surface area is 125 Å². The third kappa shape index (κ3) is 1.87. The fourth-order valence-corrected chi connectivity index (χ4v) is 3.22. The van der Waals surface area contributed by atoms with Crippen LogP contribution >= 0.6 is 0 Å². The van der Waals surface area contributed by atoms with Gasteiger partial charge in [0.1, 0.15) is 5.56 Å². The highest BCUT2D eigenvalue weighted by Gasteiger charge is 2.29. The molecule has 2 aromatic rings. The van der Waals surface area contributed by atoms with E-state index < -0.39 is 11.4 Å². The first-order valence-corrected chi connectivity index (χ1v) is 7.41. The minimum atomic E-state index is -1.27. The van der Waals surface area contributed by atoms with Gasteiger partial charge >= 0.3 is 5.97 Å². The number of hydrogen-bond donors (Lipinski definition) is 2. The molecule has 2 N–H and O–H groups in total. The molecule has 2 heterocycles. The summed E-state index contributed by atoms with van der Waals surface area (Å²) >= 11 is 0. The van der Waals surface area contributed by atoms with Crippen molar-refractivity contribution < 1.29 is 14.3 Å². The zero-order valence-electron chi connectivity index (χ0n) is 11.9. The van der Waals surface area contributed by atoms with E-state index in [9.17, 15) is 19.1 Å². The molecule has 22 heavy (non-hydrogen) atoms. The number of pyridine rings is 1. The van der Waals surface area contributed by atoms with Crippen LogP contribution in [0.15, 0.2) is 17.1 Å². The van der Waals surface area contributed by atoms with Crippen LogP contribution in [0.3, 0.4) is 0 Å². The van der Waals surface area contributed by atoms with Gasteiger partial charge in [-0.25, -0.2) is 9.18 Å². The van der Waals surface area contributed by atoms with Gasteiger partial charge in [-0.05, 0) is 43.0 Å². The van der Waals surface area contributed by atoms with Gasteiger partial charge in [0.15, 0.2) is 5.82 Å². The Morgan fingerprint density at radius 3 is 2.86 bits per heavy atom. The summed E-state index contributed by atoms with van der Waals surface area (Å²) in [6.07, 6.45) is 3.65. The second kappa shape index (κ2) is 4.64. The molecule has 5 nitrogen and oxygen atoms in total. The topological polar surface area (TPSA) is 71.3 Å². The first kappa shape index (κ1) is 13.5. The van der Waals surface area contributed by atoms with Crippen LogP contribution in [0, 0.1) is 5.82 Å². The molecule has 1 aliphatic heterocycles. The van der Waals surface area contributed by atoms with Gasteiger partial charge in [0.25, 0.3) is 0 Å². The van der Waals surface area contributed by atoms with Gasteiger partial charge in [0.2, 0.25) is 5.43 Å². The van der Waals surface area contributed by atoms with Crippen LogP contribution in [0.4, 0.5) is 4.39 Å². The maximum absolute atomic E-state index is 15.0. The third-order valence-electron chi connectivity index (χ3n) is 4.49. The van der Waals surface area contributed by atoms with Crippen LogP contribution in [-0.2, 0) is 13.0 Å². The van der Waals surface area contributed by atoms with Crippen molar-refractivity contribution in [1.29, 1.82) is 0 Å². The van der Waals surface area contributed by atoms with Crippen molar-refractivity contribution in [3.63, 3.8) is 0 Å². The Balaban J connectivity index is 2.14. The number of carboxylic acid groups (broad SMARTS) is 1. The lowest BCUT2D eigenvalue weighted by Gasteiger charge is -2.21. The number of rotatable bonds is 2. The number of carbonyl (C=O) groups is 1. The van der Waals surface area contributed by atoms with Gasteiger partial charge in [0, 0.05) is 24.2 Å². The Kier molecular flexibility index (Phi) is 2.84. The number of nitrogens with one attached hydrogen (secondary N) is 1. The predicted molar refractivity (Wildman–Crippen MR) is 78.8 cm³/mol. The Hall–Kier alpha value is -2.21. The average molecular weight is 302 g/mol. The summed E-state index contributed by atoms with van der Waals surface area (Å²) in [6.45, 7) is 1.21. The van der Waals surface area contributed by atoms with E-state index in [0.29, 0.717) is 25.1 Å². The van der Waals surface area contributed by atoms with Crippen molar-refractivity contribution in [2.24, 2.45) is 0 Å². The van der Waals surface area contributed by atoms with Gasteiger partial charge in [0.05, 0.1) is 5.52 Å². The summed E-state index contributed by atoms with van der Waals surface area (Å²) in [5.74, 6) is -1.63. The molecule has 1 aromatic carbocycles. The van der Waals surface area contributed by atoms with Gasteiger partial charge in [-0.3, -0.25) is 4.79 Å². The molecule has 1 aliphatic carbocycles. The summed E-state index contributed by atoms with van der Waals surface area (Å²) in [4.78, 5) is 23.7. The molecule has 0 spiro atoms. The molecule has 114 valence electrons. The second-order valence-electron chi connectivity index (χ2n) is 5.97. The minimum absolute atomic E-state index is 0.0930. The van der Waals surface area contributed by atoms with E-state index in [1.165, 1.54) is 6.20 Å². The summed E-state index contributed by atoms with van der Waals surface area (Å²) in [6, 6.07) is 1.75. The number of fused-ring (bicyclic) bond motifs is 2. The number of aromatic nitrogens is 1. The monoisotopic (exact) mass is 302 g/mol. The smallest absolute Gasteiger partial charge is 0.341 e. The standard InChI is InChI=1S/C16H15FN2O3/c17-13-10-3-4-18-6-8(10)5-11-14(13)19(9-1-2-9)7-12(15(11)20)16(21)22/h5,7,9,18H,1-4,6H2,(H,21,22). The number of carboxylic acids is 1. The Bertz CT molecular complexity index is 868. The van der Waals surface area contributed by atoms with Gasteiger partial charge in [-0.1, -0.05) is 0 Å². The maximum Gasteiger partial charge on any atom is 0.341 e. The highest BCUT2D eigenvalue weighted by atomic mass is 19.1. The van der Waals surface area contributed by atoms with Crippen LogP contribution < -0.4 is 10.7 Å². The summed E-state index contributed by atoms with van der Waals surface area (Å²) in [5, 5.41) is 12.6. The molecular formula is C16H15FN2O3. The van der Waals surface area contributed by atoms with Gasteiger partial charge in [-0.15, -0.1) is 0 Å². The molecule has 0 radical (unpaired) electrons. The lowest BCUT2D eigenvalue weighted by molar-refractivity contribution is 0.0695. The zero-order valence-corrected chi connectivity index (χ0v) is 11.9. The molecular weight excluding hydrogens is 287 g/mol. The van der Waals surface area contributed by atoms with Crippen LogP contribution in [0.2, 0.25) is 0 Å². The Morgan fingerprint density at radius 2 is 2.18 bits per heavy atom. The SMILES string of the molecule is O=C(O)c1cn(C2CC2)c2c(F)c3c(cc2c1=O)CNCC3. The van der Waals surface area contributed by atoms with Crippen molar-refractivity contribution in [3.05, 3.63) is 45.0 Å². The number of halogens is 1. The van der Waals surface area contributed by atoms with Crippen LogP contribution in [-0.4, -0.2) is 22.2 Å². The lowest BCUT2D eigenvalue weighted by Crippen LogP contribution is -2.26. The molecule has 0 unspecified atom stereocenters. The summed E-state index contributed by atoms with van der Waals surface area (Å²) in [5.41, 5.74) is 0.758. The molecule has 1 aromatic heterocycles. The highest BCUT2D eigenvalue weighted by Crippen LogP contribution is 2.38. The minimum Gasteiger partial charge on any atom is -0.477 e. The van der Waals surface area contributed by atoms with E-state index in [4.69, 9.17) is 0 Å². The van der Waals surface area contributed by atoms with Crippen molar-refractivity contribution in [2.45, 2.75) is 31.8 Å². The fourth-order valence-electron chi connectivity index (χ4n) is 3.22. The number of benzene rings is 1. The first-order chi connectivity index (χ1) is 10.6. The van der Waals surface area contributed by atoms with E-state index in [0.717, 1.165) is 18.4 Å². The van der Waals surface area contributed by atoms with E-state index in [1.807, 2.05) is 0 Å². The van der Waals surface area contributed by atoms with Crippen molar-refractivity contribution in [2.75, 3.05) is 6.54 Å². The third-order valence-corrected chi connectivity index (χ3v) is 4.49. The molecule has 0 atom stereocenters. The molecule has 4 rings (SSSR count). The van der Waals surface area contributed by atoms with E-state index in [2.05, 4.69) is 5.32 Å². The number of aromatic carboxylic acids is 1. The normalized spacial score (nSPS) is 17.5. The predicted octanol–water partition coefficient (Wildman–Crippen LogP) is 1.82. The average Bonchev–Trinajstić information content (AvgIpc) is 3.33. The van der Waals surface area contributed by atoms with Crippen LogP contribution in [0.1, 0.15) is 40.4 Å². The fraction of sp³-hybridized carbons (Fsp3) is 0.375. The second-order valence-corrected chi connectivity index (χ2v) is 5.97. The number of hydrogen-bond acceptors (Lipinski definition) is 3. The molecule has 0 amide bonds. The van der Waals surface area contributed by atoms with Crippen molar-refractivity contribution in [1.82, 2.24) is 9.88 Å². The largest absolute Gasteiger partial charge is 0.477 e. The molecule has 6 heteroatoms. The lowest BCUT2D eigenvalue weighted by atomic mass is 9.96. The maximum atomic E-state index is 15.0. The van der Waals surface area contributed by atoms with Crippen molar-refractivity contribution in [3.8, 4) is 0 Å². The van der Waals surface area contributed by atoms with Crippen LogP contribution in [0.25, 0.3) is 10.9 Å². The summed E-state index contributed by atoms with van der Waals surface area (Å²) in [7, 11) is 0. The van der Waals surface area contributed by atoms with Gasteiger partial charge in [-0.2, -0.15) is 0 Å². The molecule has 0 bridgehead atoms. The van der Waals surface area contributed by atoms with Gasteiger partial charge < -0.3 is 15.0 Å². The first-order valence-electron chi connectivity index (χ1n) is 7.41. The van der Waals surface area contributed by atoms with E-state index in [-0.39, 0.29) is 28.3 Å². The highest BCUT2D eigenvalue weighted by molar-refractivity contribution is 5.93. The van der Waals surface area contributed by atoms with E-state index >= 15 is 0 Å². The van der Waals surface area contributed by atoms with Crippen LogP contribution in [0.5, 0.6) is 0 Å². The molecule has 1 saturated carbocycles. The summed E-state index contributed by atoms with van der Waals surface area (Å²) < 4.78 is 16.6. The molecule has 2 aliphatic rings. The molecule has 0 saturated heterocycles. The van der Waals surface area contributed by atoms with E-state index in [1.54, 1.807) is 10.6 Å².